The summed E-state index contributed by atoms with van der Waals surface area (Å²) in [6.45, 7) is 6.68. The molecule has 2 saturated heterocycles. The first-order chi connectivity index (χ1) is 23.4. The van der Waals surface area contributed by atoms with Gasteiger partial charge in [0, 0.05) is 88.1 Å². The summed E-state index contributed by atoms with van der Waals surface area (Å²) in [6.07, 6.45) is 4.73. The van der Waals surface area contributed by atoms with Crippen molar-refractivity contribution >= 4 is 52.2 Å². The van der Waals surface area contributed by atoms with Gasteiger partial charge in [-0.05, 0) is 50.2 Å². The summed E-state index contributed by atoms with van der Waals surface area (Å²) in [7, 11) is 7.69. The lowest BCUT2D eigenvalue weighted by Crippen LogP contribution is -2.52. The van der Waals surface area contributed by atoms with Crippen molar-refractivity contribution in [2.45, 2.75) is 18.9 Å². The van der Waals surface area contributed by atoms with Crippen LogP contribution in [0.25, 0.3) is 0 Å². The largest absolute Gasteiger partial charge is 0.494 e. The molecule has 2 aliphatic heterocycles. The summed E-state index contributed by atoms with van der Waals surface area (Å²) in [5.74, 6) is 1.63. The third kappa shape index (κ3) is 7.58. The molecule has 4 aromatic rings. The molecular weight excluding hydrogens is 602 g/mol. The summed E-state index contributed by atoms with van der Waals surface area (Å²) in [4.78, 5) is 35.9. The molecule has 2 aliphatic rings. The molecule has 11 heteroatoms. The van der Waals surface area contributed by atoms with Crippen LogP contribution in [0.15, 0.2) is 84.0 Å². The topological polar surface area (TPSA) is 101 Å². The van der Waals surface area contributed by atoms with E-state index in [1.54, 1.807) is 13.3 Å². The third-order valence-corrected chi connectivity index (χ3v) is 9.33. The Balaban J connectivity index is 1.25. The van der Waals surface area contributed by atoms with Gasteiger partial charge < -0.3 is 30.1 Å². The predicted molar refractivity (Wildman–Crippen MR) is 195 cm³/mol. The number of aliphatic imine (C=N–C) groups is 1. The fraction of sp³-hybridized carbons (Fsp3) is 0.351. The van der Waals surface area contributed by atoms with Crippen LogP contribution in [0.2, 0.25) is 0 Å². The number of carbonyl (C=O) groups is 1. The molecule has 11 nitrogen and oxygen atoms in total. The molecule has 2 fully saturated rings. The predicted octanol–water partition coefficient (Wildman–Crippen LogP) is 5.57. The first kappa shape index (κ1) is 32.9. The molecule has 250 valence electrons. The van der Waals surface area contributed by atoms with Crippen LogP contribution in [-0.2, 0) is 4.79 Å². The second-order valence-corrected chi connectivity index (χ2v) is 12.3. The van der Waals surface area contributed by atoms with Crippen LogP contribution in [0.1, 0.15) is 18.4 Å². The highest BCUT2D eigenvalue weighted by atomic mass is 16.5. The van der Waals surface area contributed by atoms with Crippen molar-refractivity contribution in [3.05, 3.63) is 84.6 Å². The number of rotatable bonds is 11. The van der Waals surface area contributed by atoms with E-state index in [9.17, 15) is 4.79 Å². The Bertz CT molecular complexity index is 1720. The Labute approximate surface area is 283 Å². The number of aromatic nitrogens is 2. The summed E-state index contributed by atoms with van der Waals surface area (Å²) >= 11 is 0. The first-order valence-electron chi connectivity index (χ1n) is 16.6. The van der Waals surface area contributed by atoms with Gasteiger partial charge in [-0.15, -0.1) is 0 Å². The number of hydrogen-bond donors (Lipinski definition) is 2. The van der Waals surface area contributed by atoms with E-state index >= 15 is 0 Å². The van der Waals surface area contributed by atoms with E-state index in [-0.39, 0.29) is 0 Å². The summed E-state index contributed by atoms with van der Waals surface area (Å²) in [5.41, 5.74) is 5.24. The van der Waals surface area contributed by atoms with E-state index in [1.807, 2.05) is 79.7 Å². The van der Waals surface area contributed by atoms with Crippen molar-refractivity contribution in [3.8, 4) is 5.75 Å². The molecule has 3 aromatic carbocycles. The Kier molecular flexibility index (Phi) is 10.5. The molecule has 0 saturated carbocycles. The number of likely N-dealkylation sites (N-methyl/N-ethyl adjacent to an activating group) is 1. The number of anilines is 6. The summed E-state index contributed by atoms with van der Waals surface area (Å²) in [6, 6.07) is 24.3. The second kappa shape index (κ2) is 15.3. The van der Waals surface area contributed by atoms with E-state index in [4.69, 9.17) is 14.7 Å². The van der Waals surface area contributed by atoms with Crippen molar-refractivity contribution in [2.75, 3.05) is 88.0 Å². The molecule has 0 spiro atoms. The van der Waals surface area contributed by atoms with Crippen LogP contribution in [0.5, 0.6) is 5.75 Å². The van der Waals surface area contributed by atoms with Crippen molar-refractivity contribution in [1.29, 1.82) is 0 Å². The fourth-order valence-electron chi connectivity index (χ4n) is 6.42. The highest BCUT2D eigenvalue weighted by molar-refractivity contribution is 6.37. The molecule has 0 atom stereocenters. The minimum Gasteiger partial charge on any atom is -0.494 e. The van der Waals surface area contributed by atoms with E-state index in [2.05, 4.69) is 49.5 Å². The highest BCUT2D eigenvalue weighted by Gasteiger charge is 2.27. The molecule has 3 heterocycles. The molecular formula is C37H45N9O2. The number of aldehydes is 1. The fourth-order valence-corrected chi connectivity index (χ4v) is 6.42. The van der Waals surface area contributed by atoms with Crippen LogP contribution in [0, 0.1) is 0 Å². The zero-order valence-corrected chi connectivity index (χ0v) is 28.3. The summed E-state index contributed by atoms with van der Waals surface area (Å²) in [5, 5.41) is 6.56. The van der Waals surface area contributed by atoms with Crippen LogP contribution < -0.4 is 25.2 Å². The van der Waals surface area contributed by atoms with Gasteiger partial charge in [0.15, 0.2) is 12.1 Å². The molecule has 2 N–H and O–H groups in total. The SMILES string of the molecule is CNc1cccc(N(C)c2nc(Nc3ccc(N4CCC(N5CCN(C)CC5)CC4)cc3OC)ncc2N=C(C=O)c2ccccc2)c1. The van der Waals surface area contributed by atoms with Crippen molar-refractivity contribution in [2.24, 2.45) is 4.99 Å². The smallest absolute Gasteiger partial charge is 0.229 e. The Morgan fingerprint density at radius 1 is 0.979 bits per heavy atom. The number of nitrogens with one attached hydrogen (secondary N) is 2. The zero-order valence-electron chi connectivity index (χ0n) is 28.3. The number of ether oxygens (including phenoxy) is 1. The van der Waals surface area contributed by atoms with Gasteiger partial charge in [0.1, 0.15) is 17.1 Å². The minimum absolute atomic E-state index is 0.295. The number of hydrogen-bond acceptors (Lipinski definition) is 11. The zero-order chi connectivity index (χ0) is 33.5. The number of methoxy groups -OCH3 is 1. The van der Waals surface area contributed by atoms with Crippen LogP contribution in [0.3, 0.4) is 0 Å². The van der Waals surface area contributed by atoms with E-state index in [1.165, 1.54) is 0 Å². The van der Waals surface area contributed by atoms with Gasteiger partial charge in [0.25, 0.3) is 0 Å². The van der Waals surface area contributed by atoms with Crippen molar-refractivity contribution < 1.29 is 9.53 Å². The molecule has 0 radical (unpaired) electrons. The summed E-state index contributed by atoms with van der Waals surface area (Å²) < 4.78 is 5.85. The van der Waals surface area contributed by atoms with Gasteiger partial charge in [-0.3, -0.25) is 9.69 Å². The molecule has 48 heavy (non-hydrogen) atoms. The third-order valence-electron chi connectivity index (χ3n) is 9.33. The van der Waals surface area contributed by atoms with Crippen LogP contribution in [-0.4, -0.2) is 105 Å². The van der Waals surface area contributed by atoms with Crippen LogP contribution in [0.4, 0.5) is 40.2 Å². The average molecular weight is 648 g/mol. The molecule has 0 amide bonds. The number of carbonyl (C=O) groups excluding carboxylic acids is 1. The molecule has 6 rings (SSSR count). The lowest BCUT2D eigenvalue weighted by Gasteiger charge is -2.42. The molecule has 0 bridgehead atoms. The van der Waals surface area contributed by atoms with Gasteiger partial charge in [-0.25, -0.2) is 9.98 Å². The second-order valence-electron chi connectivity index (χ2n) is 12.3. The number of piperidine rings is 1. The number of piperazine rings is 1. The minimum atomic E-state index is 0.295. The van der Waals surface area contributed by atoms with Gasteiger partial charge >= 0.3 is 0 Å². The van der Waals surface area contributed by atoms with Crippen LogP contribution >= 0.6 is 0 Å². The lowest BCUT2D eigenvalue weighted by atomic mass is 10.0. The van der Waals surface area contributed by atoms with Gasteiger partial charge in [0.05, 0.1) is 19.0 Å². The quantitative estimate of drug-likeness (QED) is 0.159. The monoisotopic (exact) mass is 647 g/mol. The van der Waals surface area contributed by atoms with Crippen molar-refractivity contribution in [3.63, 3.8) is 0 Å². The normalized spacial score (nSPS) is 16.4. The van der Waals surface area contributed by atoms with E-state index < -0.39 is 0 Å². The van der Waals surface area contributed by atoms with Gasteiger partial charge in [0.2, 0.25) is 5.95 Å². The molecule has 0 aliphatic carbocycles. The Hall–Kier alpha value is -5.00. The van der Waals surface area contributed by atoms with E-state index in [0.717, 1.165) is 81.1 Å². The molecule has 0 unspecified atom stereocenters. The number of benzene rings is 3. The number of nitrogens with zero attached hydrogens (tertiary/aromatic N) is 7. The van der Waals surface area contributed by atoms with Gasteiger partial charge in [-0.2, -0.15) is 4.98 Å². The maximum atomic E-state index is 12.1. The standard InChI is InChI=1S/C37H45N9O2/c1-38-28-11-8-12-30(23-28)44(3)36-33(40-34(26-47)27-9-6-5-7-10-27)25-39-37(42-36)41-32-14-13-31(24-35(32)48-4)45-17-15-29(16-18-45)46-21-19-43(2)20-22-46/h5-14,23-26,29,38H,15-22H2,1-4H3,(H,39,41,42). The average Bonchev–Trinajstić information content (AvgIpc) is 3.15. The Morgan fingerprint density at radius 2 is 1.75 bits per heavy atom. The highest BCUT2D eigenvalue weighted by Crippen LogP contribution is 2.36. The lowest BCUT2D eigenvalue weighted by molar-refractivity contribution is -0.102. The van der Waals surface area contributed by atoms with E-state index in [0.29, 0.717) is 40.5 Å². The Morgan fingerprint density at radius 3 is 2.46 bits per heavy atom. The van der Waals surface area contributed by atoms with Crippen molar-refractivity contribution in [1.82, 2.24) is 19.8 Å². The molecule has 1 aromatic heterocycles. The maximum absolute atomic E-state index is 12.1. The first-order valence-corrected chi connectivity index (χ1v) is 16.6. The maximum Gasteiger partial charge on any atom is 0.229 e. The van der Waals surface area contributed by atoms with Gasteiger partial charge in [-0.1, -0.05) is 36.4 Å².